The Bertz CT molecular complexity index is 1200. The molecule has 1 aliphatic heterocycles. The SMILES string of the molecule is Nc1ccc(-c2cc(N3CCOCC3)cc(S(=O)(=O)Cc3ccc(F)cc3F)c2)nc1. The normalized spacial score (nSPS) is 14.6. The number of hydrogen-bond donors (Lipinski definition) is 1. The van der Waals surface area contributed by atoms with Crippen molar-refractivity contribution in [3.63, 3.8) is 0 Å². The lowest BCUT2D eigenvalue weighted by molar-refractivity contribution is 0.122. The molecule has 1 fully saturated rings. The van der Waals surface area contributed by atoms with Crippen LogP contribution >= 0.6 is 0 Å². The molecular weight excluding hydrogens is 424 g/mol. The van der Waals surface area contributed by atoms with Crippen molar-refractivity contribution in [2.24, 2.45) is 0 Å². The van der Waals surface area contributed by atoms with Crippen molar-refractivity contribution in [3.8, 4) is 11.3 Å². The maximum Gasteiger partial charge on any atom is 0.182 e. The van der Waals surface area contributed by atoms with Crippen LogP contribution in [0.5, 0.6) is 0 Å². The maximum atomic E-state index is 14.1. The highest BCUT2D eigenvalue weighted by Crippen LogP contribution is 2.30. The molecular formula is C22H21F2N3O3S. The highest BCUT2D eigenvalue weighted by Gasteiger charge is 2.22. The first kappa shape index (κ1) is 21.2. The van der Waals surface area contributed by atoms with E-state index in [-0.39, 0.29) is 10.5 Å². The van der Waals surface area contributed by atoms with Gasteiger partial charge >= 0.3 is 0 Å². The average Bonchev–Trinajstić information content (AvgIpc) is 2.76. The van der Waals surface area contributed by atoms with Gasteiger partial charge in [0.05, 0.1) is 41.4 Å². The van der Waals surface area contributed by atoms with E-state index < -0.39 is 27.2 Å². The van der Waals surface area contributed by atoms with Crippen LogP contribution in [0.3, 0.4) is 0 Å². The van der Waals surface area contributed by atoms with Gasteiger partial charge in [-0.2, -0.15) is 0 Å². The summed E-state index contributed by atoms with van der Waals surface area (Å²) in [6.07, 6.45) is 1.50. The minimum Gasteiger partial charge on any atom is -0.397 e. The lowest BCUT2D eigenvalue weighted by Crippen LogP contribution is -2.36. The third kappa shape index (κ3) is 4.83. The third-order valence-electron chi connectivity index (χ3n) is 5.07. The van der Waals surface area contributed by atoms with E-state index in [0.717, 1.165) is 12.1 Å². The van der Waals surface area contributed by atoms with Crippen LogP contribution in [0, 0.1) is 11.6 Å². The van der Waals surface area contributed by atoms with Gasteiger partial charge in [0, 0.05) is 36.0 Å². The number of ether oxygens (including phenoxy) is 1. The quantitative estimate of drug-likeness (QED) is 0.648. The van der Waals surface area contributed by atoms with Gasteiger partial charge in [-0.25, -0.2) is 17.2 Å². The molecule has 2 aromatic carbocycles. The fraction of sp³-hybridized carbons (Fsp3) is 0.227. The smallest absolute Gasteiger partial charge is 0.182 e. The molecule has 1 aromatic heterocycles. The van der Waals surface area contributed by atoms with Gasteiger partial charge in [-0.3, -0.25) is 4.98 Å². The van der Waals surface area contributed by atoms with Crippen LogP contribution in [0.25, 0.3) is 11.3 Å². The molecule has 0 amide bonds. The third-order valence-corrected chi connectivity index (χ3v) is 6.71. The van der Waals surface area contributed by atoms with Crippen LogP contribution in [-0.2, 0) is 20.3 Å². The molecule has 0 atom stereocenters. The van der Waals surface area contributed by atoms with Crippen molar-refractivity contribution in [2.75, 3.05) is 36.9 Å². The molecule has 0 aliphatic carbocycles. The fourth-order valence-corrected chi connectivity index (χ4v) is 4.83. The predicted octanol–water partition coefficient (Wildman–Crippen LogP) is 3.42. The van der Waals surface area contributed by atoms with Gasteiger partial charge in [-0.05, 0) is 36.4 Å². The number of rotatable bonds is 5. The monoisotopic (exact) mass is 445 g/mol. The Morgan fingerprint density at radius 3 is 2.48 bits per heavy atom. The molecule has 0 spiro atoms. The van der Waals surface area contributed by atoms with Crippen LogP contribution in [0.2, 0.25) is 0 Å². The first-order chi connectivity index (χ1) is 14.8. The van der Waals surface area contributed by atoms with Crippen molar-refractivity contribution in [1.29, 1.82) is 0 Å². The first-order valence-corrected chi connectivity index (χ1v) is 11.3. The summed E-state index contributed by atoms with van der Waals surface area (Å²) in [4.78, 5) is 6.37. The number of nitrogens with two attached hydrogens (primary N) is 1. The number of aromatic nitrogens is 1. The number of morpholine rings is 1. The van der Waals surface area contributed by atoms with Crippen molar-refractivity contribution in [2.45, 2.75) is 10.6 Å². The van der Waals surface area contributed by atoms with Crippen LogP contribution < -0.4 is 10.6 Å². The summed E-state index contributed by atoms with van der Waals surface area (Å²) in [6, 6.07) is 11.2. The topological polar surface area (TPSA) is 85.5 Å². The molecule has 31 heavy (non-hydrogen) atoms. The summed E-state index contributed by atoms with van der Waals surface area (Å²) in [7, 11) is -3.92. The molecule has 2 N–H and O–H groups in total. The van der Waals surface area contributed by atoms with Gasteiger partial charge in [0.2, 0.25) is 0 Å². The van der Waals surface area contributed by atoms with E-state index in [1.54, 1.807) is 18.2 Å². The van der Waals surface area contributed by atoms with Gasteiger partial charge in [-0.15, -0.1) is 0 Å². The van der Waals surface area contributed by atoms with Gasteiger partial charge in [0.15, 0.2) is 9.84 Å². The number of halogens is 2. The van der Waals surface area contributed by atoms with E-state index in [4.69, 9.17) is 10.5 Å². The molecule has 162 valence electrons. The Hall–Kier alpha value is -3.04. The standard InChI is InChI=1S/C22H21F2N3O3S/c23-17-2-1-15(21(24)11-17)14-31(28,29)20-10-16(22-4-3-18(25)13-26-22)9-19(12-20)27-5-7-30-8-6-27/h1-4,9-13H,5-8,14,25H2. The summed E-state index contributed by atoms with van der Waals surface area (Å²) in [6.45, 7) is 2.30. The molecule has 0 bridgehead atoms. The van der Waals surface area contributed by atoms with Crippen LogP contribution in [0.15, 0.2) is 59.6 Å². The van der Waals surface area contributed by atoms with E-state index in [0.29, 0.717) is 55.0 Å². The second-order valence-electron chi connectivity index (χ2n) is 7.29. The molecule has 4 rings (SSSR count). The molecule has 6 nitrogen and oxygen atoms in total. The Balaban J connectivity index is 1.77. The van der Waals surface area contributed by atoms with Crippen LogP contribution in [0.4, 0.5) is 20.2 Å². The van der Waals surface area contributed by atoms with Gasteiger partial charge in [-0.1, -0.05) is 6.07 Å². The highest BCUT2D eigenvalue weighted by molar-refractivity contribution is 7.90. The van der Waals surface area contributed by atoms with Crippen LogP contribution in [-0.4, -0.2) is 39.7 Å². The van der Waals surface area contributed by atoms with Gasteiger partial charge in [0.25, 0.3) is 0 Å². The number of pyridine rings is 1. The Labute approximate surface area is 179 Å². The van der Waals surface area contributed by atoms with E-state index in [1.165, 1.54) is 12.3 Å². The summed E-state index contributed by atoms with van der Waals surface area (Å²) in [5.74, 6) is -2.24. The molecule has 2 heterocycles. The Morgan fingerprint density at radius 1 is 1.03 bits per heavy atom. The maximum absolute atomic E-state index is 14.1. The lowest BCUT2D eigenvalue weighted by atomic mass is 10.1. The van der Waals surface area contributed by atoms with Gasteiger partial charge in [0.1, 0.15) is 11.6 Å². The number of sulfone groups is 1. The molecule has 9 heteroatoms. The number of nitrogen functional groups attached to an aromatic ring is 1. The van der Waals surface area contributed by atoms with Crippen molar-refractivity contribution < 1.29 is 21.9 Å². The Kier molecular flexibility index (Phi) is 5.88. The number of hydrogen-bond acceptors (Lipinski definition) is 6. The van der Waals surface area contributed by atoms with Gasteiger partial charge < -0.3 is 15.4 Å². The van der Waals surface area contributed by atoms with Crippen molar-refractivity contribution in [3.05, 3.63) is 71.9 Å². The highest BCUT2D eigenvalue weighted by atomic mass is 32.2. The van der Waals surface area contributed by atoms with Crippen molar-refractivity contribution >= 4 is 21.2 Å². The zero-order valence-corrected chi connectivity index (χ0v) is 17.4. The van der Waals surface area contributed by atoms with Crippen LogP contribution in [0.1, 0.15) is 5.56 Å². The predicted molar refractivity (Wildman–Crippen MR) is 114 cm³/mol. The summed E-state index contributed by atoms with van der Waals surface area (Å²) in [5.41, 5.74) is 7.99. The number of nitrogens with zero attached hydrogens (tertiary/aromatic N) is 2. The fourth-order valence-electron chi connectivity index (χ4n) is 3.42. The minimum absolute atomic E-state index is 0.0360. The molecule has 1 saturated heterocycles. The zero-order valence-electron chi connectivity index (χ0n) is 16.6. The van der Waals surface area contributed by atoms with E-state index in [9.17, 15) is 17.2 Å². The summed E-state index contributed by atoms with van der Waals surface area (Å²) < 4.78 is 59.0. The lowest BCUT2D eigenvalue weighted by Gasteiger charge is -2.29. The average molecular weight is 445 g/mol. The Morgan fingerprint density at radius 2 is 1.81 bits per heavy atom. The summed E-state index contributed by atoms with van der Waals surface area (Å²) >= 11 is 0. The second kappa shape index (κ2) is 8.60. The molecule has 0 unspecified atom stereocenters. The molecule has 3 aromatic rings. The zero-order chi connectivity index (χ0) is 22.0. The van der Waals surface area contributed by atoms with Crippen molar-refractivity contribution in [1.82, 2.24) is 4.98 Å². The molecule has 0 saturated carbocycles. The number of benzene rings is 2. The summed E-state index contributed by atoms with van der Waals surface area (Å²) in [5, 5.41) is 0. The molecule has 1 aliphatic rings. The van der Waals surface area contributed by atoms with E-state index in [2.05, 4.69) is 4.98 Å². The minimum atomic E-state index is -3.92. The first-order valence-electron chi connectivity index (χ1n) is 9.68. The second-order valence-corrected chi connectivity index (χ2v) is 9.28. The van der Waals surface area contributed by atoms with E-state index >= 15 is 0 Å². The van der Waals surface area contributed by atoms with E-state index in [1.807, 2.05) is 11.0 Å². The number of anilines is 2. The largest absolute Gasteiger partial charge is 0.397 e. The molecule has 0 radical (unpaired) electrons.